The molecule has 22 heavy (non-hydrogen) atoms. The molecule has 0 spiro atoms. The zero-order valence-electron chi connectivity index (χ0n) is 12.6. The van der Waals surface area contributed by atoms with Gasteiger partial charge in [-0.15, -0.1) is 10.2 Å². The molecule has 0 saturated carbocycles. The molecular weight excluding hydrogens is 280 g/mol. The molecule has 2 N–H and O–H groups in total. The lowest BCUT2D eigenvalue weighted by atomic mass is 9.99. The van der Waals surface area contributed by atoms with Crippen LogP contribution in [0, 0.1) is 5.92 Å². The Morgan fingerprint density at radius 1 is 1.41 bits per heavy atom. The Kier molecular flexibility index (Phi) is 4.32. The van der Waals surface area contributed by atoms with Crippen molar-refractivity contribution in [2.75, 3.05) is 18.4 Å². The first kappa shape index (κ1) is 14.5. The van der Waals surface area contributed by atoms with Crippen LogP contribution in [0.15, 0.2) is 24.5 Å². The van der Waals surface area contributed by atoms with E-state index in [1.54, 1.807) is 12.1 Å². The molecule has 2 aromatic rings. The summed E-state index contributed by atoms with van der Waals surface area (Å²) in [5, 5.41) is 14.0. The summed E-state index contributed by atoms with van der Waals surface area (Å²) in [5.41, 5.74) is 0.341. The third-order valence-corrected chi connectivity index (χ3v) is 3.84. The topological polar surface area (TPSA) is 84.7 Å². The van der Waals surface area contributed by atoms with E-state index in [2.05, 4.69) is 30.4 Å². The fourth-order valence-electron chi connectivity index (χ4n) is 2.65. The number of hydrogen-bond acceptors (Lipinski definition) is 5. The normalized spacial score (nSPS) is 16.9. The first-order valence-electron chi connectivity index (χ1n) is 7.62. The van der Waals surface area contributed by atoms with Crippen molar-refractivity contribution in [3.8, 4) is 0 Å². The second kappa shape index (κ2) is 6.55. The maximum Gasteiger partial charge on any atom is 0.271 e. The van der Waals surface area contributed by atoms with Gasteiger partial charge in [0, 0.05) is 38.4 Å². The van der Waals surface area contributed by atoms with E-state index in [1.807, 2.05) is 19.3 Å². The SMILES string of the molecule is CCNC(=O)c1ccc(NCC2CCc3nccn3C2)nn1. The average Bonchev–Trinajstić information content (AvgIpc) is 3.01. The number of hydrogen-bond donors (Lipinski definition) is 2. The lowest BCUT2D eigenvalue weighted by Crippen LogP contribution is -2.26. The predicted octanol–water partition coefficient (Wildman–Crippen LogP) is 1.10. The van der Waals surface area contributed by atoms with Crippen LogP contribution >= 0.6 is 0 Å². The average molecular weight is 300 g/mol. The summed E-state index contributed by atoms with van der Waals surface area (Å²) in [7, 11) is 0. The van der Waals surface area contributed by atoms with Gasteiger partial charge in [0.2, 0.25) is 0 Å². The highest BCUT2D eigenvalue weighted by atomic mass is 16.1. The maximum absolute atomic E-state index is 11.6. The van der Waals surface area contributed by atoms with Gasteiger partial charge in [-0.1, -0.05) is 0 Å². The summed E-state index contributed by atoms with van der Waals surface area (Å²) < 4.78 is 2.21. The summed E-state index contributed by atoms with van der Waals surface area (Å²) in [6, 6.07) is 3.48. The van der Waals surface area contributed by atoms with E-state index in [9.17, 15) is 4.79 Å². The minimum Gasteiger partial charge on any atom is -0.368 e. The second-order valence-corrected chi connectivity index (χ2v) is 5.44. The second-order valence-electron chi connectivity index (χ2n) is 5.44. The molecule has 7 heteroatoms. The van der Waals surface area contributed by atoms with E-state index in [0.717, 1.165) is 25.9 Å². The van der Waals surface area contributed by atoms with Gasteiger partial charge in [0.15, 0.2) is 5.69 Å². The summed E-state index contributed by atoms with van der Waals surface area (Å²) in [6.07, 6.45) is 6.02. The number of nitrogens with one attached hydrogen (secondary N) is 2. The number of amides is 1. The van der Waals surface area contributed by atoms with Gasteiger partial charge in [0.05, 0.1) is 0 Å². The number of nitrogens with zero attached hydrogens (tertiary/aromatic N) is 4. The van der Waals surface area contributed by atoms with Crippen molar-refractivity contribution in [2.24, 2.45) is 5.92 Å². The van der Waals surface area contributed by atoms with Crippen molar-refractivity contribution in [3.05, 3.63) is 36.0 Å². The Labute approximate surface area is 129 Å². The van der Waals surface area contributed by atoms with Crippen LogP contribution in [0.2, 0.25) is 0 Å². The Balaban J connectivity index is 1.53. The summed E-state index contributed by atoms with van der Waals surface area (Å²) in [4.78, 5) is 15.9. The molecule has 1 unspecified atom stereocenters. The first-order valence-corrected chi connectivity index (χ1v) is 7.62. The van der Waals surface area contributed by atoms with Crippen LogP contribution in [0.3, 0.4) is 0 Å². The van der Waals surface area contributed by atoms with Crippen molar-refractivity contribution in [2.45, 2.75) is 26.3 Å². The zero-order valence-corrected chi connectivity index (χ0v) is 12.6. The van der Waals surface area contributed by atoms with Gasteiger partial charge in [-0.05, 0) is 31.4 Å². The van der Waals surface area contributed by atoms with Gasteiger partial charge in [-0.25, -0.2) is 4.98 Å². The van der Waals surface area contributed by atoms with Gasteiger partial charge < -0.3 is 15.2 Å². The van der Waals surface area contributed by atoms with Gasteiger partial charge in [0.1, 0.15) is 11.6 Å². The molecule has 3 heterocycles. The molecule has 2 aromatic heterocycles. The number of carbonyl (C=O) groups excluding carboxylic acids is 1. The van der Waals surface area contributed by atoms with Crippen molar-refractivity contribution in [1.29, 1.82) is 0 Å². The van der Waals surface area contributed by atoms with E-state index in [1.165, 1.54) is 5.82 Å². The van der Waals surface area contributed by atoms with E-state index >= 15 is 0 Å². The van der Waals surface area contributed by atoms with E-state index in [0.29, 0.717) is 24.0 Å². The van der Waals surface area contributed by atoms with Gasteiger partial charge in [-0.3, -0.25) is 4.79 Å². The van der Waals surface area contributed by atoms with E-state index in [4.69, 9.17) is 0 Å². The van der Waals surface area contributed by atoms with Crippen molar-refractivity contribution in [3.63, 3.8) is 0 Å². The molecule has 0 bridgehead atoms. The van der Waals surface area contributed by atoms with Crippen LogP contribution in [-0.2, 0) is 13.0 Å². The molecule has 1 aliphatic rings. The van der Waals surface area contributed by atoms with Crippen molar-refractivity contribution >= 4 is 11.7 Å². The maximum atomic E-state index is 11.6. The third kappa shape index (κ3) is 3.24. The molecule has 116 valence electrons. The number of aryl methyl sites for hydroxylation is 1. The highest BCUT2D eigenvalue weighted by molar-refractivity contribution is 5.92. The molecule has 0 radical (unpaired) electrons. The van der Waals surface area contributed by atoms with Crippen LogP contribution in [0.1, 0.15) is 29.7 Å². The molecule has 0 aliphatic carbocycles. The van der Waals surface area contributed by atoms with Gasteiger partial charge >= 0.3 is 0 Å². The number of rotatable bonds is 5. The molecule has 1 atom stereocenters. The quantitative estimate of drug-likeness (QED) is 0.863. The zero-order chi connectivity index (χ0) is 15.4. The largest absolute Gasteiger partial charge is 0.368 e. The first-order chi connectivity index (χ1) is 10.8. The Hall–Kier alpha value is -2.44. The Bertz CT molecular complexity index is 636. The summed E-state index contributed by atoms with van der Waals surface area (Å²) in [5.74, 6) is 2.22. The number of imidazole rings is 1. The molecule has 7 nitrogen and oxygen atoms in total. The van der Waals surface area contributed by atoms with Crippen molar-refractivity contribution in [1.82, 2.24) is 25.1 Å². The molecular formula is C15H20N6O. The van der Waals surface area contributed by atoms with Crippen LogP contribution < -0.4 is 10.6 Å². The van der Waals surface area contributed by atoms with Gasteiger partial charge in [0.25, 0.3) is 5.91 Å². The molecule has 1 aliphatic heterocycles. The minimum atomic E-state index is -0.193. The van der Waals surface area contributed by atoms with Crippen molar-refractivity contribution < 1.29 is 4.79 Å². The summed E-state index contributed by atoms with van der Waals surface area (Å²) >= 11 is 0. The Morgan fingerprint density at radius 3 is 3.09 bits per heavy atom. The highest BCUT2D eigenvalue weighted by Crippen LogP contribution is 2.19. The number of fused-ring (bicyclic) bond motifs is 1. The number of carbonyl (C=O) groups is 1. The van der Waals surface area contributed by atoms with E-state index < -0.39 is 0 Å². The smallest absolute Gasteiger partial charge is 0.271 e. The number of aromatic nitrogens is 4. The number of anilines is 1. The lowest BCUT2D eigenvalue weighted by Gasteiger charge is -2.24. The van der Waals surface area contributed by atoms with Crippen LogP contribution in [-0.4, -0.2) is 38.7 Å². The third-order valence-electron chi connectivity index (χ3n) is 3.84. The molecule has 0 saturated heterocycles. The minimum absolute atomic E-state index is 0.193. The van der Waals surface area contributed by atoms with E-state index in [-0.39, 0.29) is 5.91 Å². The van der Waals surface area contributed by atoms with Gasteiger partial charge in [-0.2, -0.15) is 0 Å². The van der Waals surface area contributed by atoms with Crippen LogP contribution in [0.25, 0.3) is 0 Å². The standard InChI is InChI=1S/C15H20N6O/c1-2-16-15(22)12-4-5-13(20-19-12)18-9-11-3-6-14-17-7-8-21(14)10-11/h4-5,7-8,11H,2-3,6,9-10H2,1H3,(H,16,22)(H,18,20). The predicted molar refractivity (Wildman–Crippen MR) is 82.6 cm³/mol. The summed E-state index contributed by atoms with van der Waals surface area (Å²) in [6.45, 7) is 4.27. The fourth-order valence-corrected chi connectivity index (χ4v) is 2.65. The molecule has 3 rings (SSSR count). The highest BCUT2D eigenvalue weighted by Gasteiger charge is 2.18. The van der Waals surface area contributed by atoms with Crippen LogP contribution in [0.4, 0.5) is 5.82 Å². The molecule has 1 amide bonds. The lowest BCUT2D eigenvalue weighted by molar-refractivity contribution is 0.0950. The molecule has 0 fully saturated rings. The monoisotopic (exact) mass is 300 g/mol. The fraction of sp³-hybridized carbons (Fsp3) is 0.467. The Morgan fingerprint density at radius 2 is 2.32 bits per heavy atom. The van der Waals surface area contributed by atoms with Crippen LogP contribution in [0.5, 0.6) is 0 Å². The molecule has 0 aromatic carbocycles.